The molecule has 0 spiro atoms. The molecular formula is C24H26N2O3. The molecule has 1 amide bonds. The van der Waals surface area contributed by atoms with Gasteiger partial charge in [0.15, 0.2) is 0 Å². The van der Waals surface area contributed by atoms with Crippen molar-refractivity contribution in [3.63, 3.8) is 0 Å². The van der Waals surface area contributed by atoms with Gasteiger partial charge in [0.2, 0.25) is 5.91 Å². The molecule has 0 aliphatic rings. The number of hydrogen-bond donors (Lipinski definition) is 1. The van der Waals surface area contributed by atoms with E-state index in [1.54, 1.807) is 14.2 Å². The maximum Gasteiger partial charge on any atom is 0.229 e. The minimum atomic E-state index is 0.0556. The molecule has 3 aromatic carbocycles. The quantitative estimate of drug-likeness (QED) is 0.573. The van der Waals surface area contributed by atoms with Crippen molar-refractivity contribution in [3.05, 3.63) is 84.4 Å². The van der Waals surface area contributed by atoms with E-state index in [0.717, 1.165) is 22.7 Å². The number of amides is 1. The Hall–Kier alpha value is -3.47. The van der Waals surface area contributed by atoms with Gasteiger partial charge in [0.25, 0.3) is 0 Å². The standard InChI is InChI=1S/C24H26N2O3/c1-28-21-13-14-22(23(17-21)29-2)25-16-15-24(27)26(20-11-7-4-8-12-20)18-19-9-5-3-6-10-19/h3-14,17,25H,15-16,18H2,1-2H3. The Labute approximate surface area is 171 Å². The number of nitrogens with one attached hydrogen (secondary N) is 1. The number of methoxy groups -OCH3 is 2. The Morgan fingerprint density at radius 2 is 1.59 bits per heavy atom. The number of hydrogen-bond acceptors (Lipinski definition) is 4. The third-order valence-electron chi connectivity index (χ3n) is 4.62. The van der Waals surface area contributed by atoms with Crippen molar-refractivity contribution in [2.45, 2.75) is 13.0 Å². The normalized spacial score (nSPS) is 10.3. The molecule has 0 radical (unpaired) electrons. The molecule has 1 N–H and O–H groups in total. The van der Waals surface area contributed by atoms with E-state index < -0.39 is 0 Å². The van der Waals surface area contributed by atoms with Gasteiger partial charge in [0.1, 0.15) is 11.5 Å². The van der Waals surface area contributed by atoms with Gasteiger partial charge in [-0.25, -0.2) is 0 Å². The smallest absolute Gasteiger partial charge is 0.229 e. The van der Waals surface area contributed by atoms with E-state index in [1.165, 1.54) is 0 Å². The highest BCUT2D eigenvalue weighted by Gasteiger charge is 2.16. The lowest BCUT2D eigenvalue weighted by atomic mass is 10.2. The first-order valence-corrected chi connectivity index (χ1v) is 9.56. The van der Waals surface area contributed by atoms with Crippen LogP contribution in [-0.2, 0) is 11.3 Å². The minimum Gasteiger partial charge on any atom is -0.497 e. The van der Waals surface area contributed by atoms with Crippen LogP contribution in [0.5, 0.6) is 11.5 Å². The van der Waals surface area contributed by atoms with Crippen molar-refractivity contribution >= 4 is 17.3 Å². The second-order valence-electron chi connectivity index (χ2n) is 6.54. The molecule has 0 unspecified atom stereocenters. The third kappa shape index (κ3) is 5.51. The highest BCUT2D eigenvalue weighted by Crippen LogP contribution is 2.29. The topological polar surface area (TPSA) is 50.8 Å². The number of rotatable bonds is 9. The van der Waals surface area contributed by atoms with Crippen LogP contribution in [0.25, 0.3) is 0 Å². The van der Waals surface area contributed by atoms with Gasteiger partial charge in [-0.15, -0.1) is 0 Å². The molecule has 0 saturated heterocycles. The Bertz CT molecular complexity index is 914. The van der Waals surface area contributed by atoms with E-state index in [2.05, 4.69) is 5.32 Å². The van der Waals surface area contributed by atoms with E-state index in [1.807, 2.05) is 83.8 Å². The predicted molar refractivity (Wildman–Crippen MR) is 117 cm³/mol. The van der Waals surface area contributed by atoms with Gasteiger partial charge in [-0.3, -0.25) is 4.79 Å². The van der Waals surface area contributed by atoms with E-state index >= 15 is 0 Å². The zero-order valence-corrected chi connectivity index (χ0v) is 16.8. The molecule has 29 heavy (non-hydrogen) atoms. The molecule has 5 heteroatoms. The average Bonchev–Trinajstić information content (AvgIpc) is 2.78. The third-order valence-corrected chi connectivity index (χ3v) is 4.62. The van der Waals surface area contributed by atoms with Crippen molar-refractivity contribution in [1.82, 2.24) is 0 Å². The summed E-state index contributed by atoms with van der Waals surface area (Å²) >= 11 is 0. The van der Waals surface area contributed by atoms with Gasteiger partial charge in [-0.2, -0.15) is 0 Å². The van der Waals surface area contributed by atoms with Crippen molar-refractivity contribution in [2.24, 2.45) is 0 Å². The largest absolute Gasteiger partial charge is 0.497 e. The summed E-state index contributed by atoms with van der Waals surface area (Å²) < 4.78 is 10.6. The first kappa shape index (κ1) is 20.3. The first-order chi connectivity index (χ1) is 14.2. The van der Waals surface area contributed by atoms with Gasteiger partial charge in [-0.1, -0.05) is 48.5 Å². The van der Waals surface area contributed by atoms with Crippen LogP contribution in [-0.4, -0.2) is 26.7 Å². The Kier molecular flexibility index (Phi) is 7.11. The van der Waals surface area contributed by atoms with Crippen molar-refractivity contribution < 1.29 is 14.3 Å². The zero-order chi connectivity index (χ0) is 20.5. The molecule has 0 atom stereocenters. The van der Waals surface area contributed by atoms with Crippen LogP contribution in [0.4, 0.5) is 11.4 Å². The maximum atomic E-state index is 13.0. The maximum absolute atomic E-state index is 13.0. The molecule has 0 heterocycles. The van der Waals surface area contributed by atoms with Crippen molar-refractivity contribution in [3.8, 4) is 11.5 Å². The van der Waals surface area contributed by atoms with Gasteiger partial charge in [0, 0.05) is 24.7 Å². The van der Waals surface area contributed by atoms with Gasteiger partial charge in [0.05, 0.1) is 26.5 Å². The number of benzene rings is 3. The second-order valence-corrected chi connectivity index (χ2v) is 6.54. The molecule has 0 fully saturated rings. The Morgan fingerprint density at radius 3 is 2.24 bits per heavy atom. The lowest BCUT2D eigenvalue weighted by molar-refractivity contribution is -0.118. The summed E-state index contributed by atoms with van der Waals surface area (Å²) in [6.45, 7) is 1.04. The van der Waals surface area contributed by atoms with E-state index in [0.29, 0.717) is 25.3 Å². The summed E-state index contributed by atoms with van der Waals surface area (Å²) in [5, 5.41) is 3.29. The molecule has 5 nitrogen and oxygen atoms in total. The SMILES string of the molecule is COc1ccc(NCCC(=O)N(Cc2ccccc2)c2ccccc2)c(OC)c1. The Morgan fingerprint density at radius 1 is 0.897 bits per heavy atom. The van der Waals surface area contributed by atoms with Gasteiger partial charge < -0.3 is 19.7 Å². The van der Waals surface area contributed by atoms with Crippen LogP contribution >= 0.6 is 0 Å². The molecule has 0 bridgehead atoms. The van der Waals surface area contributed by atoms with Crippen molar-refractivity contribution in [2.75, 3.05) is 31.0 Å². The number of para-hydroxylation sites is 1. The first-order valence-electron chi connectivity index (χ1n) is 9.56. The highest BCUT2D eigenvalue weighted by atomic mass is 16.5. The van der Waals surface area contributed by atoms with E-state index in [-0.39, 0.29) is 5.91 Å². The lowest BCUT2D eigenvalue weighted by Crippen LogP contribution is -2.31. The lowest BCUT2D eigenvalue weighted by Gasteiger charge is -2.23. The van der Waals surface area contributed by atoms with Gasteiger partial charge >= 0.3 is 0 Å². The minimum absolute atomic E-state index is 0.0556. The monoisotopic (exact) mass is 390 g/mol. The fourth-order valence-electron chi connectivity index (χ4n) is 3.08. The molecule has 0 aromatic heterocycles. The van der Waals surface area contributed by atoms with Crippen molar-refractivity contribution in [1.29, 1.82) is 0 Å². The Balaban J connectivity index is 1.67. The molecule has 0 aliphatic heterocycles. The molecule has 0 aliphatic carbocycles. The highest BCUT2D eigenvalue weighted by molar-refractivity contribution is 5.93. The zero-order valence-electron chi connectivity index (χ0n) is 16.8. The number of carbonyl (C=O) groups excluding carboxylic acids is 1. The van der Waals surface area contributed by atoms with E-state index in [4.69, 9.17) is 9.47 Å². The summed E-state index contributed by atoms with van der Waals surface area (Å²) in [5.74, 6) is 1.46. The van der Waals surface area contributed by atoms with Crippen LogP contribution in [0.1, 0.15) is 12.0 Å². The molecular weight excluding hydrogens is 364 g/mol. The van der Waals surface area contributed by atoms with E-state index in [9.17, 15) is 4.79 Å². The summed E-state index contributed by atoms with van der Waals surface area (Å²) in [7, 11) is 3.23. The fourth-order valence-corrected chi connectivity index (χ4v) is 3.08. The fraction of sp³-hybridized carbons (Fsp3) is 0.208. The number of anilines is 2. The number of carbonyl (C=O) groups is 1. The number of nitrogens with zero attached hydrogens (tertiary/aromatic N) is 1. The summed E-state index contributed by atoms with van der Waals surface area (Å²) in [4.78, 5) is 14.8. The van der Waals surface area contributed by atoms with Gasteiger partial charge in [-0.05, 0) is 29.8 Å². The number of ether oxygens (including phenoxy) is 2. The molecule has 3 rings (SSSR count). The summed E-state index contributed by atoms with van der Waals surface area (Å²) in [5.41, 5.74) is 2.81. The predicted octanol–water partition coefficient (Wildman–Crippen LogP) is 4.74. The van der Waals surface area contributed by atoms with Crippen LogP contribution in [0, 0.1) is 0 Å². The second kappa shape index (κ2) is 10.2. The van der Waals surface area contributed by atoms with Crippen LogP contribution < -0.4 is 19.7 Å². The van der Waals surface area contributed by atoms with Crippen LogP contribution in [0.2, 0.25) is 0 Å². The van der Waals surface area contributed by atoms with Crippen LogP contribution in [0.3, 0.4) is 0 Å². The summed E-state index contributed by atoms with van der Waals surface area (Å²) in [6.07, 6.45) is 0.358. The average molecular weight is 390 g/mol. The summed E-state index contributed by atoms with van der Waals surface area (Å²) in [6, 6.07) is 25.3. The van der Waals surface area contributed by atoms with Crippen LogP contribution in [0.15, 0.2) is 78.9 Å². The molecule has 3 aromatic rings. The molecule has 0 saturated carbocycles. The molecule has 150 valence electrons.